The summed E-state index contributed by atoms with van der Waals surface area (Å²) >= 11 is 0. The van der Waals surface area contributed by atoms with Gasteiger partial charge in [0, 0.05) is 49.0 Å². The smallest absolute Gasteiger partial charge is 0.312 e. The largest absolute Gasteiger partial charge is 0.463 e. The van der Waals surface area contributed by atoms with E-state index >= 15 is 0 Å². The Morgan fingerprint density at radius 1 is 1.17 bits per heavy atom. The van der Waals surface area contributed by atoms with E-state index in [0.717, 1.165) is 23.1 Å². The fourth-order valence-corrected chi connectivity index (χ4v) is 3.91. The van der Waals surface area contributed by atoms with Gasteiger partial charge in [-0.3, -0.25) is 14.6 Å². The number of aliphatic imine (C=N–C) groups is 1. The minimum Gasteiger partial charge on any atom is -0.463 e. The Morgan fingerprint density at radius 2 is 1.94 bits per heavy atom. The average Bonchev–Trinajstić information content (AvgIpc) is 2.98. The number of carbonyl (C=O) groups excluding carboxylic acids is 2. The molecule has 8 heteroatoms. The van der Waals surface area contributed by atoms with Crippen molar-refractivity contribution >= 4 is 29.5 Å². The number of amidine groups is 1. The number of esters is 1. The van der Waals surface area contributed by atoms with Crippen LogP contribution in [0.25, 0.3) is 17.2 Å². The number of hydrogen-bond donors (Lipinski definition) is 2. The van der Waals surface area contributed by atoms with Crippen molar-refractivity contribution in [3.05, 3.63) is 53.4 Å². The van der Waals surface area contributed by atoms with Crippen LogP contribution >= 0.6 is 0 Å². The van der Waals surface area contributed by atoms with Gasteiger partial charge in [-0.25, -0.2) is 4.99 Å². The zero-order valence-corrected chi connectivity index (χ0v) is 20.7. The molecule has 1 aliphatic rings. The maximum Gasteiger partial charge on any atom is 0.312 e. The Balaban J connectivity index is 1.83. The molecule has 0 saturated heterocycles. The molecule has 0 spiro atoms. The van der Waals surface area contributed by atoms with Gasteiger partial charge in [0.25, 0.3) is 0 Å². The second kappa shape index (κ2) is 12.3. The maximum atomic E-state index is 13.2. The molecule has 0 saturated carbocycles. The van der Waals surface area contributed by atoms with Crippen LogP contribution in [0.15, 0.2) is 47.1 Å². The number of amides is 1. The highest BCUT2D eigenvalue weighted by Crippen LogP contribution is 2.32. The molecule has 0 radical (unpaired) electrons. The van der Waals surface area contributed by atoms with Crippen LogP contribution in [-0.4, -0.2) is 58.5 Å². The first-order valence-corrected chi connectivity index (χ1v) is 12.0. The number of hydrogen-bond acceptors (Lipinski definition) is 7. The lowest BCUT2D eigenvalue weighted by Crippen LogP contribution is -2.35. The van der Waals surface area contributed by atoms with Crippen LogP contribution in [0.4, 0.5) is 5.69 Å². The third kappa shape index (κ3) is 7.23. The van der Waals surface area contributed by atoms with Gasteiger partial charge in [-0.1, -0.05) is 25.1 Å². The summed E-state index contributed by atoms with van der Waals surface area (Å²) in [5.74, 6) is -0.0106. The van der Waals surface area contributed by atoms with Crippen molar-refractivity contribution in [2.45, 2.75) is 52.6 Å². The summed E-state index contributed by atoms with van der Waals surface area (Å²) < 4.78 is 5.18. The fraction of sp³-hybridized carbons (Fsp3) is 0.407. The van der Waals surface area contributed by atoms with Crippen molar-refractivity contribution in [3.63, 3.8) is 0 Å². The van der Waals surface area contributed by atoms with Crippen LogP contribution in [0.5, 0.6) is 0 Å². The molecule has 2 aromatic rings. The van der Waals surface area contributed by atoms with Gasteiger partial charge in [-0.05, 0) is 50.5 Å². The molecule has 1 aromatic carbocycles. The van der Waals surface area contributed by atoms with Gasteiger partial charge in [0.05, 0.1) is 23.9 Å². The zero-order chi connectivity index (χ0) is 25.4. The van der Waals surface area contributed by atoms with Gasteiger partial charge in [-0.15, -0.1) is 0 Å². The first kappa shape index (κ1) is 26.1. The zero-order valence-electron chi connectivity index (χ0n) is 20.7. The molecule has 0 atom stereocenters. The average molecular weight is 479 g/mol. The highest BCUT2D eigenvalue weighted by atomic mass is 16.5. The number of aliphatic hydroxyl groups is 1. The summed E-state index contributed by atoms with van der Waals surface area (Å²) in [4.78, 5) is 35.8. The molecule has 0 bridgehead atoms. The number of benzene rings is 1. The van der Waals surface area contributed by atoms with E-state index in [4.69, 9.17) is 10.5 Å². The Bertz CT molecular complexity index is 1110. The van der Waals surface area contributed by atoms with Crippen LogP contribution in [0.1, 0.15) is 51.3 Å². The van der Waals surface area contributed by atoms with E-state index in [1.165, 1.54) is 0 Å². The number of nitrogens with zero attached hydrogens (tertiary/aromatic N) is 3. The van der Waals surface area contributed by atoms with E-state index in [1.807, 2.05) is 57.2 Å². The molecule has 0 fully saturated rings. The predicted octanol–water partition coefficient (Wildman–Crippen LogP) is 3.64. The molecular weight excluding hydrogens is 444 g/mol. The number of aromatic nitrogens is 1. The molecule has 3 N–H and O–H groups in total. The van der Waals surface area contributed by atoms with Gasteiger partial charge in [0.15, 0.2) is 0 Å². The van der Waals surface area contributed by atoms with Crippen molar-refractivity contribution in [3.8, 4) is 11.1 Å². The molecule has 1 amide bonds. The second-order valence-electron chi connectivity index (χ2n) is 8.85. The van der Waals surface area contributed by atoms with Crippen LogP contribution in [0.2, 0.25) is 0 Å². The molecule has 35 heavy (non-hydrogen) atoms. The molecule has 1 aromatic heterocycles. The maximum absolute atomic E-state index is 13.2. The molecule has 8 nitrogen and oxygen atoms in total. The summed E-state index contributed by atoms with van der Waals surface area (Å²) in [6.07, 6.45) is 5.18. The Labute approximate surface area is 206 Å². The molecular formula is C27H34N4O4. The van der Waals surface area contributed by atoms with E-state index < -0.39 is 0 Å². The number of ether oxygens (including phenoxy) is 1. The molecule has 3 rings (SSSR count). The Hall–Kier alpha value is -3.52. The van der Waals surface area contributed by atoms with E-state index in [-0.39, 0.29) is 37.4 Å². The summed E-state index contributed by atoms with van der Waals surface area (Å²) in [7, 11) is 0. The highest BCUT2D eigenvalue weighted by Gasteiger charge is 2.21. The number of rotatable bonds is 10. The number of nitrogens with two attached hydrogens (primary N) is 1. The SMILES string of the molecule is CCCN(CCCO)C(=O)C1=Cc2ccc(-c3ccc(CC(=O)OC(C)C)nc3)cc2N=C(N)C1. The number of aliphatic hydroxyl groups excluding tert-OH is 1. The Morgan fingerprint density at radius 3 is 2.60 bits per heavy atom. The summed E-state index contributed by atoms with van der Waals surface area (Å²) in [5.41, 5.74) is 10.7. The Kier molecular flexibility index (Phi) is 9.14. The number of fused-ring (bicyclic) bond motifs is 1. The third-order valence-corrected chi connectivity index (χ3v) is 5.49. The van der Waals surface area contributed by atoms with Crippen molar-refractivity contribution in [1.82, 2.24) is 9.88 Å². The lowest BCUT2D eigenvalue weighted by molar-refractivity contribution is -0.146. The van der Waals surface area contributed by atoms with Gasteiger partial charge >= 0.3 is 5.97 Å². The van der Waals surface area contributed by atoms with E-state index in [0.29, 0.717) is 42.3 Å². The molecule has 1 aliphatic heterocycles. The van der Waals surface area contributed by atoms with Gasteiger partial charge < -0.3 is 20.5 Å². The standard InChI is InChI=1S/C27H34N4O4/c1-4-10-31(11-5-12-32)27(34)22-13-20-7-6-19(14-24(20)30-25(28)15-22)21-8-9-23(29-17-21)16-26(33)35-18(2)3/h6-9,13-14,17-18,32H,4-5,10-12,15-16H2,1-3H3,(H2,28,30). The predicted molar refractivity (Wildman–Crippen MR) is 137 cm³/mol. The molecule has 0 unspecified atom stereocenters. The van der Waals surface area contributed by atoms with Gasteiger partial charge in [-0.2, -0.15) is 0 Å². The second-order valence-corrected chi connectivity index (χ2v) is 8.85. The highest BCUT2D eigenvalue weighted by molar-refractivity contribution is 6.05. The molecule has 0 aliphatic carbocycles. The van der Waals surface area contributed by atoms with E-state index in [1.54, 1.807) is 11.1 Å². The monoisotopic (exact) mass is 478 g/mol. The van der Waals surface area contributed by atoms with Crippen LogP contribution in [-0.2, 0) is 20.7 Å². The van der Waals surface area contributed by atoms with Gasteiger partial charge in [0.1, 0.15) is 5.84 Å². The number of pyridine rings is 1. The summed E-state index contributed by atoms with van der Waals surface area (Å²) in [5, 5.41) is 9.18. The van der Waals surface area contributed by atoms with Crippen molar-refractivity contribution in [1.29, 1.82) is 0 Å². The molecule has 186 valence electrons. The number of carbonyl (C=O) groups is 2. The van der Waals surface area contributed by atoms with Crippen LogP contribution in [0.3, 0.4) is 0 Å². The summed E-state index contributed by atoms with van der Waals surface area (Å²) in [6.45, 7) is 6.81. The lowest BCUT2D eigenvalue weighted by atomic mass is 10.0. The van der Waals surface area contributed by atoms with Crippen molar-refractivity contribution in [2.75, 3.05) is 19.7 Å². The van der Waals surface area contributed by atoms with Gasteiger partial charge in [0.2, 0.25) is 5.91 Å². The van der Waals surface area contributed by atoms with E-state index in [2.05, 4.69) is 9.98 Å². The van der Waals surface area contributed by atoms with Crippen molar-refractivity contribution in [2.24, 2.45) is 10.7 Å². The lowest BCUT2D eigenvalue weighted by Gasteiger charge is -2.23. The topological polar surface area (TPSA) is 118 Å². The first-order valence-electron chi connectivity index (χ1n) is 12.0. The van der Waals surface area contributed by atoms with Crippen LogP contribution < -0.4 is 5.73 Å². The normalized spacial score (nSPS) is 12.9. The first-order chi connectivity index (χ1) is 16.8. The third-order valence-electron chi connectivity index (χ3n) is 5.49. The van der Waals surface area contributed by atoms with Crippen molar-refractivity contribution < 1.29 is 19.4 Å². The minimum atomic E-state index is -0.305. The van der Waals surface area contributed by atoms with E-state index in [9.17, 15) is 14.7 Å². The molecule has 2 heterocycles. The summed E-state index contributed by atoms with van der Waals surface area (Å²) in [6, 6.07) is 9.52. The fourth-order valence-electron chi connectivity index (χ4n) is 3.91. The minimum absolute atomic E-state index is 0.0413. The quantitative estimate of drug-likeness (QED) is 0.504. The van der Waals surface area contributed by atoms with Crippen LogP contribution in [0, 0.1) is 0 Å².